The van der Waals surface area contributed by atoms with Crippen LogP contribution in [0.2, 0.25) is 0 Å². The summed E-state index contributed by atoms with van der Waals surface area (Å²) >= 11 is 1.64. The van der Waals surface area contributed by atoms with Gasteiger partial charge in [-0.15, -0.1) is 0 Å². The van der Waals surface area contributed by atoms with Crippen LogP contribution in [0.3, 0.4) is 0 Å². The quantitative estimate of drug-likeness (QED) is 0.832. The summed E-state index contributed by atoms with van der Waals surface area (Å²) in [5.41, 5.74) is 1.04. The summed E-state index contributed by atoms with van der Waals surface area (Å²) in [4.78, 5) is 11.1. The molecule has 0 aliphatic rings. The molecule has 3 nitrogen and oxygen atoms in total. The molecule has 0 saturated heterocycles. The minimum Gasteiger partial charge on any atom is -0.480 e. The van der Waals surface area contributed by atoms with Gasteiger partial charge < -0.3 is 5.11 Å². The average molecular weight is 267 g/mol. The van der Waals surface area contributed by atoms with Crippen LogP contribution in [-0.4, -0.2) is 28.4 Å². The predicted octanol–water partition coefficient (Wildman–Crippen LogP) is 2.76. The number of hydrogen-bond acceptors (Lipinski definition) is 3. The normalized spacial score (nSPS) is 13.3. The third-order valence-electron chi connectivity index (χ3n) is 2.30. The molecule has 1 atom stereocenters. The second-order valence-corrected chi connectivity index (χ2v) is 6.32. The first kappa shape index (κ1) is 15.1. The second kappa shape index (κ2) is 6.81. The zero-order chi connectivity index (χ0) is 13.6. The number of thioether (sulfide) groups is 1. The molecule has 100 valence electrons. The molecule has 0 aliphatic heterocycles. The molecule has 4 heteroatoms. The second-order valence-electron chi connectivity index (χ2n) is 5.29. The number of rotatable bonds is 6. The number of carboxylic acids is 1. The van der Waals surface area contributed by atoms with Crippen molar-refractivity contribution < 1.29 is 9.90 Å². The Labute approximate surface area is 113 Å². The Morgan fingerprint density at radius 3 is 2.44 bits per heavy atom. The molecule has 0 saturated carbocycles. The standard InChI is InChI=1S/C14H21NO2S/c1-14(2,3)15-12(13(16)17)10-18-9-11-7-5-4-6-8-11/h4-8,12,15H,9-10H2,1-3H3,(H,16,17). The minimum absolute atomic E-state index is 0.184. The highest BCUT2D eigenvalue weighted by molar-refractivity contribution is 7.98. The maximum atomic E-state index is 11.1. The minimum atomic E-state index is -0.787. The van der Waals surface area contributed by atoms with E-state index in [0.29, 0.717) is 5.75 Å². The fourth-order valence-corrected chi connectivity index (χ4v) is 2.57. The van der Waals surface area contributed by atoms with Crippen molar-refractivity contribution in [3.05, 3.63) is 35.9 Å². The molecule has 0 aromatic heterocycles. The lowest BCUT2D eigenvalue weighted by Crippen LogP contribution is -2.49. The number of nitrogens with one attached hydrogen (secondary N) is 1. The first-order valence-electron chi connectivity index (χ1n) is 6.00. The van der Waals surface area contributed by atoms with Crippen LogP contribution in [0.4, 0.5) is 0 Å². The monoisotopic (exact) mass is 267 g/mol. The van der Waals surface area contributed by atoms with Gasteiger partial charge in [0.2, 0.25) is 0 Å². The van der Waals surface area contributed by atoms with E-state index in [1.165, 1.54) is 5.56 Å². The van der Waals surface area contributed by atoms with Gasteiger partial charge in [-0.1, -0.05) is 30.3 Å². The highest BCUT2D eigenvalue weighted by Crippen LogP contribution is 2.14. The summed E-state index contributed by atoms with van der Waals surface area (Å²) in [5.74, 6) is 0.628. The van der Waals surface area contributed by atoms with Crippen molar-refractivity contribution in [2.45, 2.75) is 38.1 Å². The Morgan fingerprint density at radius 2 is 1.94 bits per heavy atom. The van der Waals surface area contributed by atoms with E-state index in [0.717, 1.165) is 5.75 Å². The largest absolute Gasteiger partial charge is 0.480 e. The van der Waals surface area contributed by atoms with Crippen molar-refractivity contribution in [2.24, 2.45) is 0 Å². The molecule has 0 radical (unpaired) electrons. The number of hydrogen-bond donors (Lipinski definition) is 2. The summed E-state index contributed by atoms with van der Waals surface area (Å²) in [6.45, 7) is 5.93. The van der Waals surface area contributed by atoms with E-state index in [1.54, 1.807) is 11.8 Å². The van der Waals surface area contributed by atoms with Gasteiger partial charge in [0.15, 0.2) is 0 Å². The summed E-state index contributed by atoms with van der Waals surface area (Å²) in [6, 6.07) is 9.59. The van der Waals surface area contributed by atoms with Gasteiger partial charge >= 0.3 is 5.97 Å². The van der Waals surface area contributed by atoms with Gasteiger partial charge in [-0.25, -0.2) is 0 Å². The Balaban J connectivity index is 2.41. The van der Waals surface area contributed by atoms with E-state index in [-0.39, 0.29) is 5.54 Å². The SMILES string of the molecule is CC(C)(C)NC(CSCc1ccccc1)C(=O)O. The van der Waals surface area contributed by atoms with Crippen LogP contribution >= 0.6 is 11.8 Å². The number of carbonyl (C=O) groups is 1. The third-order valence-corrected chi connectivity index (χ3v) is 3.41. The van der Waals surface area contributed by atoms with Crippen molar-refractivity contribution in [2.75, 3.05) is 5.75 Å². The van der Waals surface area contributed by atoms with Crippen molar-refractivity contribution in [1.82, 2.24) is 5.32 Å². The molecule has 0 heterocycles. The molecule has 0 bridgehead atoms. The zero-order valence-electron chi connectivity index (χ0n) is 11.1. The van der Waals surface area contributed by atoms with Gasteiger partial charge in [0.25, 0.3) is 0 Å². The lowest BCUT2D eigenvalue weighted by molar-refractivity contribution is -0.139. The van der Waals surface area contributed by atoms with Gasteiger partial charge in [0.1, 0.15) is 6.04 Å². The number of aliphatic carboxylic acids is 1. The topological polar surface area (TPSA) is 49.3 Å². The predicted molar refractivity (Wildman–Crippen MR) is 76.9 cm³/mol. The van der Waals surface area contributed by atoms with Gasteiger partial charge in [-0.2, -0.15) is 11.8 Å². The first-order chi connectivity index (χ1) is 8.38. The molecular weight excluding hydrogens is 246 g/mol. The van der Waals surface area contributed by atoms with Crippen LogP contribution in [-0.2, 0) is 10.5 Å². The van der Waals surface area contributed by atoms with E-state index in [4.69, 9.17) is 5.11 Å². The Kier molecular flexibility index (Phi) is 5.69. The molecule has 18 heavy (non-hydrogen) atoms. The fourth-order valence-electron chi connectivity index (χ4n) is 1.57. The van der Waals surface area contributed by atoms with E-state index in [2.05, 4.69) is 17.4 Å². The molecule has 1 unspecified atom stereocenters. The van der Waals surface area contributed by atoms with Crippen LogP contribution in [0.25, 0.3) is 0 Å². The Morgan fingerprint density at radius 1 is 1.33 bits per heavy atom. The van der Waals surface area contributed by atoms with Crippen molar-refractivity contribution in [1.29, 1.82) is 0 Å². The van der Waals surface area contributed by atoms with Gasteiger partial charge in [0.05, 0.1) is 0 Å². The van der Waals surface area contributed by atoms with Gasteiger partial charge in [0, 0.05) is 17.0 Å². The summed E-state index contributed by atoms with van der Waals surface area (Å²) in [5, 5.41) is 12.3. The van der Waals surface area contributed by atoms with Crippen LogP contribution in [0, 0.1) is 0 Å². The third kappa shape index (κ3) is 6.07. The van der Waals surface area contributed by atoms with Gasteiger partial charge in [-0.05, 0) is 26.3 Å². The molecule has 1 aromatic rings. The summed E-state index contributed by atoms with van der Waals surface area (Å²) < 4.78 is 0. The summed E-state index contributed by atoms with van der Waals surface area (Å²) in [7, 11) is 0. The lowest BCUT2D eigenvalue weighted by Gasteiger charge is -2.25. The Hall–Kier alpha value is -1.00. The molecule has 0 fully saturated rings. The Bertz CT molecular complexity index is 373. The van der Waals surface area contributed by atoms with E-state index >= 15 is 0 Å². The summed E-state index contributed by atoms with van der Waals surface area (Å²) in [6.07, 6.45) is 0. The van der Waals surface area contributed by atoms with Gasteiger partial charge in [-0.3, -0.25) is 10.1 Å². The van der Waals surface area contributed by atoms with E-state index < -0.39 is 12.0 Å². The maximum Gasteiger partial charge on any atom is 0.321 e. The highest BCUT2D eigenvalue weighted by atomic mass is 32.2. The number of benzene rings is 1. The molecule has 2 N–H and O–H groups in total. The smallest absolute Gasteiger partial charge is 0.321 e. The fraction of sp³-hybridized carbons (Fsp3) is 0.500. The van der Waals surface area contributed by atoms with Crippen LogP contribution in [0.1, 0.15) is 26.3 Å². The zero-order valence-corrected chi connectivity index (χ0v) is 12.0. The lowest BCUT2D eigenvalue weighted by atomic mass is 10.1. The van der Waals surface area contributed by atoms with E-state index in [9.17, 15) is 4.79 Å². The molecule has 0 spiro atoms. The molecule has 1 aromatic carbocycles. The average Bonchev–Trinajstić information content (AvgIpc) is 2.27. The van der Waals surface area contributed by atoms with Crippen LogP contribution in [0.15, 0.2) is 30.3 Å². The first-order valence-corrected chi connectivity index (χ1v) is 7.16. The molecule has 0 aliphatic carbocycles. The molecular formula is C14H21NO2S. The van der Waals surface area contributed by atoms with Crippen molar-refractivity contribution in [3.8, 4) is 0 Å². The van der Waals surface area contributed by atoms with Crippen LogP contribution < -0.4 is 5.32 Å². The molecule has 0 amide bonds. The van der Waals surface area contributed by atoms with Crippen molar-refractivity contribution in [3.63, 3.8) is 0 Å². The number of carboxylic acid groups (broad SMARTS) is 1. The van der Waals surface area contributed by atoms with Crippen molar-refractivity contribution >= 4 is 17.7 Å². The van der Waals surface area contributed by atoms with E-state index in [1.807, 2.05) is 39.0 Å². The maximum absolute atomic E-state index is 11.1. The van der Waals surface area contributed by atoms with Crippen LogP contribution in [0.5, 0.6) is 0 Å². The molecule has 1 rings (SSSR count). The highest BCUT2D eigenvalue weighted by Gasteiger charge is 2.22.